The fraction of sp³-hybridized carbons (Fsp3) is 0.607. The summed E-state index contributed by atoms with van der Waals surface area (Å²) in [5.74, 6) is 13.7. The Morgan fingerprint density at radius 2 is 0.875 bits per heavy atom. The second-order valence-corrected chi connectivity index (χ2v) is 17.4. The van der Waals surface area contributed by atoms with E-state index in [1.165, 1.54) is 157 Å². The molecule has 2 aromatic carbocycles. The van der Waals surface area contributed by atoms with Gasteiger partial charge >= 0.3 is 16.5 Å². The van der Waals surface area contributed by atoms with Crippen molar-refractivity contribution in [2.45, 2.75) is 240 Å². The van der Waals surface area contributed by atoms with Gasteiger partial charge in [-0.2, -0.15) is 12.8 Å². The van der Waals surface area contributed by atoms with Gasteiger partial charge in [0.15, 0.2) is 0 Å². The molecule has 0 bridgehead atoms. The molecule has 1 aliphatic heterocycles. The average Bonchev–Trinajstić information content (AvgIpc) is 3.63. The van der Waals surface area contributed by atoms with Crippen LogP contribution in [0.3, 0.4) is 0 Å². The molecule has 1 aliphatic rings. The zero-order chi connectivity index (χ0) is 45.9. The van der Waals surface area contributed by atoms with E-state index in [4.69, 9.17) is 0 Å². The van der Waals surface area contributed by atoms with E-state index < -0.39 is 0 Å². The van der Waals surface area contributed by atoms with Crippen molar-refractivity contribution in [3.05, 3.63) is 114 Å². The van der Waals surface area contributed by atoms with Gasteiger partial charge in [-0.05, 0) is 55.4 Å². The van der Waals surface area contributed by atoms with Crippen molar-refractivity contribution < 1.29 is 21.2 Å². The molecule has 1 heterocycles. The second kappa shape index (κ2) is 45.0. The van der Waals surface area contributed by atoms with Crippen molar-refractivity contribution in [1.29, 1.82) is 0 Å². The summed E-state index contributed by atoms with van der Waals surface area (Å²) >= 11 is 0. The first kappa shape index (κ1) is 60.9. The van der Waals surface area contributed by atoms with E-state index in [0.29, 0.717) is 0 Å². The molecule has 0 spiro atoms. The van der Waals surface area contributed by atoms with Crippen LogP contribution in [-0.2, 0) is 29.3 Å². The van der Waals surface area contributed by atoms with Crippen molar-refractivity contribution in [2.24, 2.45) is 0 Å². The second-order valence-electron chi connectivity index (χ2n) is 17.4. The molecule has 358 valence electrons. The molecule has 3 heteroatoms. The maximum atomic E-state index is 11.9. The van der Waals surface area contributed by atoms with Gasteiger partial charge in [0.25, 0.3) is 0 Å². The van der Waals surface area contributed by atoms with Crippen LogP contribution < -0.4 is 0 Å². The van der Waals surface area contributed by atoms with Gasteiger partial charge in [0, 0.05) is 42.9 Å². The largest absolute Gasteiger partial charge is 2.00 e. The van der Waals surface area contributed by atoms with Gasteiger partial charge in [-0.25, -0.2) is 4.70 Å². The van der Waals surface area contributed by atoms with Crippen molar-refractivity contribution in [3.8, 4) is 23.7 Å². The maximum Gasteiger partial charge on any atom is 2.00 e. The van der Waals surface area contributed by atoms with E-state index in [0.717, 1.165) is 92.3 Å². The molecule has 0 amide bonds. The van der Waals surface area contributed by atoms with E-state index in [1.807, 2.05) is 0 Å². The standard InChI is InChI=1S/C49H68N2.2C6H13.Ni/c1-4-7-10-12-14-16-18-20-22-24-26-29-35-43-37-31-33-40-46(43)48-42-45(39-28-9-6-3)49(51(48)50)47-41-34-32-38-44(47)36-30-27-25-23-21-19-17-15-13-11-8-5-2;2*1-3-5-6-4-2;/h28,31-34,37-42H,4-23,29-30,35-36H2,1-3H3;2*1,3-6H2,2H3;/q;2*-1;+2. The first-order valence-electron chi connectivity index (χ1n) is 26.3. The smallest absolute Gasteiger partial charge is 0.493 e. The molecular formula is C61H94N2Ni. The van der Waals surface area contributed by atoms with Crippen LogP contribution in [0.4, 0.5) is 0 Å². The van der Waals surface area contributed by atoms with E-state index in [1.54, 1.807) is 0 Å². The van der Waals surface area contributed by atoms with Crippen molar-refractivity contribution >= 4 is 11.4 Å². The predicted molar refractivity (Wildman–Crippen MR) is 281 cm³/mol. The van der Waals surface area contributed by atoms with Gasteiger partial charge in [0.2, 0.25) is 11.4 Å². The molecule has 0 saturated heterocycles. The molecule has 3 rings (SSSR count). The molecule has 0 aromatic heterocycles. The van der Waals surface area contributed by atoms with E-state index in [9.17, 15) is 5.53 Å². The van der Waals surface area contributed by atoms with Crippen LogP contribution in [0.5, 0.6) is 0 Å². The third-order valence-corrected chi connectivity index (χ3v) is 11.6. The molecule has 0 fully saturated rings. The molecule has 0 atom stereocenters. The summed E-state index contributed by atoms with van der Waals surface area (Å²) in [5, 5.41) is 0. The number of benzene rings is 2. The topological polar surface area (TPSA) is 25.3 Å². The Hall–Kier alpha value is -3.13. The van der Waals surface area contributed by atoms with E-state index >= 15 is 0 Å². The normalized spacial score (nSPS) is 11.7. The molecule has 0 radical (unpaired) electrons. The van der Waals surface area contributed by atoms with Gasteiger partial charge in [0.05, 0.1) is 5.57 Å². The number of hydrogen-bond acceptors (Lipinski definition) is 0. The number of aryl methyl sites for hydroxylation is 2. The summed E-state index contributed by atoms with van der Waals surface area (Å²) < 4.78 is 1.44. The minimum atomic E-state index is 0. The average molecular weight is 914 g/mol. The number of nitrogens with zero attached hydrogens (tertiary/aromatic N) is 2. The Balaban J connectivity index is 0.00000268. The zero-order valence-electron chi connectivity index (χ0n) is 42.1. The minimum absolute atomic E-state index is 0. The Bertz CT molecular complexity index is 1640. The van der Waals surface area contributed by atoms with Gasteiger partial charge < -0.3 is 19.4 Å². The van der Waals surface area contributed by atoms with Crippen LogP contribution in [0.1, 0.15) is 249 Å². The van der Waals surface area contributed by atoms with Crippen molar-refractivity contribution in [1.82, 2.24) is 0 Å². The maximum absolute atomic E-state index is 11.9. The van der Waals surface area contributed by atoms with Crippen LogP contribution in [0.15, 0.2) is 72.3 Å². The van der Waals surface area contributed by atoms with Crippen molar-refractivity contribution in [2.75, 3.05) is 0 Å². The predicted octanol–water partition coefficient (Wildman–Crippen LogP) is 19.6. The fourth-order valence-electron chi connectivity index (χ4n) is 7.74. The quantitative estimate of drug-likeness (QED) is 0.0237. The third-order valence-electron chi connectivity index (χ3n) is 11.6. The number of unbranched alkanes of at least 4 members (excludes halogenated alkanes) is 23. The summed E-state index contributed by atoms with van der Waals surface area (Å²) in [5.41, 5.74) is 19.2. The molecule has 0 saturated carbocycles. The van der Waals surface area contributed by atoms with Crippen LogP contribution in [-0.4, -0.2) is 4.70 Å². The number of rotatable bonds is 31. The first-order valence-corrected chi connectivity index (χ1v) is 26.3. The Labute approximate surface area is 408 Å². The zero-order valence-corrected chi connectivity index (χ0v) is 43.1. The molecular weight excluding hydrogens is 819 g/mol. The van der Waals surface area contributed by atoms with Gasteiger partial charge in [-0.3, -0.25) is 0 Å². The van der Waals surface area contributed by atoms with Crippen LogP contribution in [0.2, 0.25) is 0 Å². The molecule has 64 heavy (non-hydrogen) atoms. The van der Waals surface area contributed by atoms with Gasteiger partial charge in [0.1, 0.15) is 0 Å². The number of hydrogen-bond donors (Lipinski definition) is 0. The van der Waals surface area contributed by atoms with E-state index in [-0.39, 0.29) is 16.5 Å². The van der Waals surface area contributed by atoms with Gasteiger partial charge in [-0.15, -0.1) is 23.7 Å². The summed E-state index contributed by atoms with van der Waals surface area (Å²) in [6.07, 6.45) is 45.6. The van der Waals surface area contributed by atoms with E-state index in [2.05, 4.69) is 139 Å². The Morgan fingerprint density at radius 3 is 1.31 bits per heavy atom. The summed E-state index contributed by atoms with van der Waals surface area (Å²) in [6, 6.07) is 17.0. The minimum Gasteiger partial charge on any atom is -0.493 e. The van der Waals surface area contributed by atoms with Gasteiger partial charge in [-0.1, -0.05) is 218 Å². The SMILES string of the molecule is CCCC=CC1=C(c2ccccc2CCC#CCCCCCCCCCC)[N+](=[N-])C(c2ccccc2CCC#CCCCCCCCCCC)=C1.[CH2-]CCCCC.[CH2-]CCCCC.[Ni+2]. The number of allylic oxidation sites excluding steroid dienone is 4. The summed E-state index contributed by atoms with van der Waals surface area (Å²) in [7, 11) is 0. The Morgan fingerprint density at radius 1 is 0.484 bits per heavy atom. The van der Waals surface area contributed by atoms with Crippen LogP contribution >= 0.6 is 0 Å². The molecule has 0 aliphatic carbocycles. The molecule has 2 aromatic rings. The van der Waals surface area contributed by atoms with Crippen LogP contribution in [0.25, 0.3) is 16.9 Å². The summed E-state index contributed by atoms with van der Waals surface area (Å²) in [6.45, 7) is 18.6. The molecule has 0 N–H and O–H groups in total. The van der Waals surface area contributed by atoms with Crippen LogP contribution in [0, 0.1) is 37.5 Å². The third kappa shape index (κ3) is 29.4. The monoisotopic (exact) mass is 913 g/mol. The molecule has 0 unspecified atom stereocenters. The van der Waals surface area contributed by atoms with Crippen molar-refractivity contribution in [3.63, 3.8) is 0 Å². The summed E-state index contributed by atoms with van der Waals surface area (Å²) in [4.78, 5) is 0. The molecule has 2 nitrogen and oxygen atoms in total. The first-order chi connectivity index (χ1) is 31.0. The fourth-order valence-corrected chi connectivity index (χ4v) is 7.74. The Kier molecular flexibility index (Phi) is 42.8.